The number of fused-ring (bicyclic) bond motifs is 1. The average molecular weight is 455 g/mol. The molecule has 3 nitrogen and oxygen atoms in total. The van der Waals surface area contributed by atoms with Gasteiger partial charge in [-0.2, -0.15) is 5.10 Å². The summed E-state index contributed by atoms with van der Waals surface area (Å²) in [6, 6.07) is 11.3. The average Bonchev–Trinajstić information content (AvgIpc) is 2.94. The van der Waals surface area contributed by atoms with Crippen molar-refractivity contribution < 1.29 is 0 Å². The lowest BCUT2D eigenvalue weighted by atomic mass is 9.83. The van der Waals surface area contributed by atoms with Crippen molar-refractivity contribution in [2.45, 2.75) is 6.04 Å². The predicted octanol–water partition coefficient (Wildman–Crippen LogP) is 6.29. The van der Waals surface area contributed by atoms with E-state index in [1.54, 1.807) is 12.1 Å². The van der Waals surface area contributed by atoms with Crippen molar-refractivity contribution in [3.63, 3.8) is 0 Å². The maximum absolute atomic E-state index is 6.52. The summed E-state index contributed by atoms with van der Waals surface area (Å²) in [4.78, 5) is 2.30. The molecule has 0 aromatic heterocycles. The SMILES string of the molecule is CN1C/C(=C/c2ccc(Cl)cc2Cl)C2=NN(C)C(c3ccc(Cl)cc3Cl)C2C1. The van der Waals surface area contributed by atoms with E-state index in [1.807, 2.05) is 36.3 Å². The van der Waals surface area contributed by atoms with Crippen LogP contribution in [-0.2, 0) is 0 Å². The topological polar surface area (TPSA) is 18.8 Å². The summed E-state index contributed by atoms with van der Waals surface area (Å²) in [7, 11) is 4.11. The van der Waals surface area contributed by atoms with Gasteiger partial charge in [-0.05, 0) is 54.1 Å². The molecule has 2 unspecified atom stereocenters. The quantitative estimate of drug-likeness (QED) is 0.531. The highest BCUT2D eigenvalue weighted by Gasteiger charge is 2.42. The van der Waals surface area contributed by atoms with Crippen LogP contribution in [0.25, 0.3) is 6.08 Å². The van der Waals surface area contributed by atoms with E-state index in [0.29, 0.717) is 20.1 Å². The van der Waals surface area contributed by atoms with Gasteiger partial charge in [-0.25, -0.2) is 0 Å². The summed E-state index contributed by atoms with van der Waals surface area (Å²) in [5.74, 6) is 0.208. The van der Waals surface area contributed by atoms with Crippen LogP contribution in [0.3, 0.4) is 0 Å². The Labute approximate surface area is 185 Å². The standard InChI is InChI=1S/C21H19Cl4N3/c1-27-10-13(7-12-3-4-14(22)8-18(12)24)20-17(11-27)21(28(2)26-20)16-6-5-15(23)9-19(16)25/h3-9,17,21H,10-11H2,1-2H3/b13-7-. The molecule has 2 atom stereocenters. The second kappa shape index (κ2) is 7.89. The Hall–Kier alpha value is -1.23. The fraction of sp³-hybridized carbons (Fsp3) is 0.286. The lowest BCUT2D eigenvalue weighted by Gasteiger charge is -2.34. The number of hydrogen-bond donors (Lipinski definition) is 0. The molecule has 1 fully saturated rings. The minimum Gasteiger partial charge on any atom is -0.301 e. The van der Waals surface area contributed by atoms with Gasteiger partial charge in [0.25, 0.3) is 0 Å². The lowest BCUT2D eigenvalue weighted by Crippen LogP contribution is -2.41. The number of likely N-dealkylation sites (N-methyl/N-ethyl adjacent to an activating group) is 1. The van der Waals surface area contributed by atoms with Crippen molar-refractivity contribution in [1.29, 1.82) is 0 Å². The van der Waals surface area contributed by atoms with E-state index >= 15 is 0 Å². The molecule has 0 amide bonds. The van der Waals surface area contributed by atoms with Crippen LogP contribution < -0.4 is 0 Å². The molecular formula is C21H19Cl4N3. The molecule has 2 heterocycles. The van der Waals surface area contributed by atoms with E-state index in [2.05, 4.69) is 18.0 Å². The fourth-order valence-electron chi connectivity index (χ4n) is 4.06. The van der Waals surface area contributed by atoms with E-state index in [4.69, 9.17) is 51.5 Å². The van der Waals surface area contributed by atoms with Gasteiger partial charge in [-0.1, -0.05) is 58.5 Å². The highest BCUT2D eigenvalue weighted by atomic mass is 35.5. The zero-order chi connectivity index (χ0) is 20.0. The monoisotopic (exact) mass is 453 g/mol. The number of halogens is 4. The van der Waals surface area contributed by atoms with Gasteiger partial charge in [0, 0.05) is 46.1 Å². The third-order valence-electron chi connectivity index (χ3n) is 5.25. The van der Waals surface area contributed by atoms with Gasteiger partial charge in [-0.15, -0.1) is 0 Å². The normalized spacial score (nSPS) is 23.9. The number of rotatable bonds is 2. The summed E-state index contributed by atoms with van der Waals surface area (Å²) in [6.45, 7) is 1.71. The van der Waals surface area contributed by atoms with Gasteiger partial charge in [-0.3, -0.25) is 5.01 Å². The summed E-state index contributed by atoms with van der Waals surface area (Å²) in [5.41, 5.74) is 4.22. The van der Waals surface area contributed by atoms with Crippen LogP contribution in [-0.4, -0.2) is 42.8 Å². The zero-order valence-electron chi connectivity index (χ0n) is 15.5. The van der Waals surface area contributed by atoms with Gasteiger partial charge >= 0.3 is 0 Å². The smallest absolute Gasteiger partial charge is 0.0827 e. The third-order valence-corrected chi connectivity index (χ3v) is 6.38. The molecule has 28 heavy (non-hydrogen) atoms. The van der Waals surface area contributed by atoms with Crippen LogP contribution in [0.1, 0.15) is 17.2 Å². The highest BCUT2D eigenvalue weighted by molar-refractivity contribution is 6.36. The van der Waals surface area contributed by atoms with Crippen LogP contribution in [0.2, 0.25) is 20.1 Å². The number of piperidine rings is 1. The van der Waals surface area contributed by atoms with Gasteiger partial charge in [0.1, 0.15) is 0 Å². The van der Waals surface area contributed by atoms with Crippen molar-refractivity contribution in [3.8, 4) is 0 Å². The Kier molecular flexibility index (Phi) is 5.65. The van der Waals surface area contributed by atoms with Crippen molar-refractivity contribution in [3.05, 3.63) is 73.2 Å². The third kappa shape index (κ3) is 3.79. The molecule has 4 rings (SSSR count). The molecule has 2 aliphatic rings. The first kappa shape index (κ1) is 20.1. The summed E-state index contributed by atoms with van der Waals surface area (Å²) >= 11 is 25.1. The van der Waals surface area contributed by atoms with Crippen LogP contribution in [0, 0.1) is 5.92 Å². The molecule has 0 radical (unpaired) electrons. The number of hydrogen-bond acceptors (Lipinski definition) is 3. The molecule has 1 saturated heterocycles. The maximum Gasteiger partial charge on any atom is 0.0827 e. The summed E-state index contributed by atoms with van der Waals surface area (Å²) in [6.07, 6.45) is 2.11. The second-order valence-electron chi connectivity index (χ2n) is 7.31. The Morgan fingerprint density at radius 3 is 2.32 bits per heavy atom. The van der Waals surface area contributed by atoms with Gasteiger partial charge in [0.05, 0.1) is 11.8 Å². The predicted molar refractivity (Wildman–Crippen MR) is 120 cm³/mol. The van der Waals surface area contributed by atoms with E-state index in [-0.39, 0.29) is 12.0 Å². The molecule has 2 aromatic rings. The van der Waals surface area contributed by atoms with Crippen LogP contribution in [0.5, 0.6) is 0 Å². The molecule has 7 heteroatoms. The van der Waals surface area contributed by atoms with E-state index in [0.717, 1.165) is 35.5 Å². The molecular weight excluding hydrogens is 436 g/mol. The summed E-state index contributed by atoms with van der Waals surface area (Å²) in [5, 5.41) is 9.45. The van der Waals surface area contributed by atoms with Crippen molar-refractivity contribution in [2.24, 2.45) is 11.0 Å². The number of likely N-dealkylation sites (tertiary alicyclic amines) is 1. The molecule has 0 aliphatic carbocycles. The van der Waals surface area contributed by atoms with E-state index in [9.17, 15) is 0 Å². The minimum absolute atomic E-state index is 0.0617. The Morgan fingerprint density at radius 2 is 1.64 bits per heavy atom. The maximum atomic E-state index is 6.52. The molecule has 146 valence electrons. The largest absolute Gasteiger partial charge is 0.301 e. The number of nitrogens with zero attached hydrogens (tertiary/aromatic N) is 3. The van der Waals surface area contributed by atoms with Crippen molar-refractivity contribution >= 4 is 58.2 Å². The van der Waals surface area contributed by atoms with Crippen LogP contribution in [0.4, 0.5) is 0 Å². The Balaban J connectivity index is 1.73. The number of hydrazone groups is 1. The van der Waals surface area contributed by atoms with Crippen LogP contribution in [0.15, 0.2) is 47.1 Å². The molecule has 0 spiro atoms. The molecule has 0 N–H and O–H groups in total. The highest BCUT2D eigenvalue weighted by Crippen LogP contribution is 2.42. The second-order valence-corrected chi connectivity index (χ2v) is 9.00. The zero-order valence-corrected chi connectivity index (χ0v) is 18.5. The Morgan fingerprint density at radius 1 is 0.964 bits per heavy atom. The molecule has 0 saturated carbocycles. The van der Waals surface area contributed by atoms with Crippen molar-refractivity contribution in [2.75, 3.05) is 27.2 Å². The molecule has 2 aromatic carbocycles. The first-order valence-corrected chi connectivity index (χ1v) is 10.5. The van der Waals surface area contributed by atoms with E-state index in [1.165, 1.54) is 0 Å². The Bertz CT molecular complexity index is 986. The van der Waals surface area contributed by atoms with Gasteiger partial charge in [0.2, 0.25) is 0 Å². The molecule has 2 aliphatic heterocycles. The number of benzene rings is 2. The van der Waals surface area contributed by atoms with Gasteiger partial charge in [0.15, 0.2) is 0 Å². The fourth-order valence-corrected chi connectivity index (χ4v) is 5.05. The lowest BCUT2D eigenvalue weighted by molar-refractivity contribution is 0.211. The first-order chi connectivity index (χ1) is 13.3. The minimum atomic E-state index is 0.0617. The summed E-state index contributed by atoms with van der Waals surface area (Å²) < 4.78 is 0. The van der Waals surface area contributed by atoms with E-state index < -0.39 is 0 Å². The van der Waals surface area contributed by atoms with Crippen LogP contribution >= 0.6 is 46.4 Å². The van der Waals surface area contributed by atoms with Gasteiger partial charge < -0.3 is 4.90 Å². The van der Waals surface area contributed by atoms with Crippen molar-refractivity contribution in [1.82, 2.24) is 9.91 Å². The molecule has 0 bridgehead atoms. The first-order valence-electron chi connectivity index (χ1n) is 8.94.